The molecule has 0 heterocycles. The van der Waals surface area contributed by atoms with Crippen molar-refractivity contribution in [2.24, 2.45) is 27.6 Å². The van der Waals surface area contributed by atoms with Crippen molar-refractivity contribution in [1.29, 1.82) is 0 Å². The van der Waals surface area contributed by atoms with E-state index in [-0.39, 0.29) is 25.0 Å². The summed E-state index contributed by atoms with van der Waals surface area (Å²) < 4.78 is 330. The Kier molecular flexibility index (Phi) is 28.7. The molecule has 0 aliphatic heterocycles. The lowest BCUT2D eigenvalue weighted by molar-refractivity contribution is -0.374. The van der Waals surface area contributed by atoms with Gasteiger partial charge in [-0.1, -0.05) is 27.4 Å². The number of hydrogen-bond acceptors (Lipinski definition) is 17. The Morgan fingerprint density at radius 3 is 1.09 bits per heavy atom. The van der Waals surface area contributed by atoms with Crippen molar-refractivity contribution in [1.82, 2.24) is 14.8 Å². The quantitative estimate of drug-likeness (QED) is 0.0124. The highest BCUT2D eigenvalue weighted by Crippen LogP contribution is 2.49. The number of alkyl halides is 18. The summed E-state index contributed by atoms with van der Waals surface area (Å²) in [6, 6.07) is 0. The highest BCUT2D eigenvalue weighted by molar-refractivity contribution is 7.90. The number of esters is 4. The molecule has 0 saturated carbocycles. The summed E-state index contributed by atoms with van der Waals surface area (Å²) in [6.45, 7) is 14.3. The minimum absolute atomic E-state index is 0.0728. The van der Waals surface area contributed by atoms with Gasteiger partial charge in [-0.05, 0) is 100 Å². The van der Waals surface area contributed by atoms with Gasteiger partial charge < -0.3 is 34.5 Å². The van der Waals surface area contributed by atoms with Gasteiger partial charge in [0, 0.05) is 37.2 Å². The number of carbonyl (C=O) groups is 4. The summed E-state index contributed by atoms with van der Waals surface area (Å²) in [6.07, 6.45) is -34.9. The summed E-state index contributed by atoms with van der Waals surface area (Å²) >= 11 is 0. The van der Waals surface area contributed by atoms with Crippen LogP contribution in [0.15, 0.2) is 12.3 Å². The van der Waals surface area contributed by atoms with E-state index in [0.29, 0.717) is 13.8 Å². The third-order valence-corrected chi connectivity index (χ3v) is 16.6. The first-order chi connectivity index (χ1) is 38.1. The zero-order valence-corrected chi connectivity index (χ0v) is 51.0. The van der Waals surface area contributed by atoms with Crippen LogP contribution in [0, 0.1) is 27.6 Å². The second-order valence-corrected chi connectivity index (χ2v) is 27.5. The number of hydrogen-bond donors (Lipinski definition) is 6. The van der Waals surface area contributed by atoms with Crippen molar-refractivity contribution in [2.75, 3.05) is 32.1 Å². The number of aliphatic hydroxyl groups is 2. The van der Waals surface area contributed by atoms with Crippen molar-refractivity contribution >= 4 is 54.0 Å². The first kappa shape index (κ1) is 84.9. The second kappa shape index (κ2) is 29.4. The van der Waals surface area contributed by atoms with Crippen molar-refractivity contribution in [2.45, 2.75) is 193 Å². The van der Waals surface area contributed by atoms with E-state index in [1.807, 2.05) is 0 Å². The van der Waals surface area contributed by atoms with Gasteiger partial charge in [-0.15, -0.1) is 0 Å². The Labute approximate surface area is 489 Å². The van der Waals surface area contributed by atoms with E-state index >= 15 is 0 Å². The molecule has 0 aliphatic rings. The zero-order chi connectivity index (χ0) is 70.1. The van der Waals surface area contributed by atoms with Crippen LogP contribution >= 0.6 is 0 Å². The molecule has 41 heteroatoms. The van der Waals surface area contributed by atoms with Crippen LogP contribution in [-0.2, 0) is 68.3 Å². The molecule has 0 amide bonds. The summed E-state index contributed by atoms with van der Waals surface area (Å²) in [7, 11) is -16.0. The lowest BCUT2D eigenvalue weighted by Gasteiger charge is -2.39. The van der Waals surface area contributed by atoms with Gasteiger partial charge in [0.1, 0.15) is 25.4 Å². The fourth-order valence-corrected chi connectivity index (χ4v) is 10.2. The molecule has 0 bridgehead atoms. The van der Waals surface area contributed by atoms with Gasteiger partial charge in [0.25, 0.3) is 21.3 Å². The molecule has 0 spiro atoms. The fraction of sp³-hybridized carbons (Fsp3) is 0.870. The minimum atomic E-state index is -6.21. The van der Waals surface area contributed by atoms with Gasteiger partial charge in [0.05, 0.1) is 27.4 Å². The normalized spacial score (nSPS) is 17.2. The van der Waals surface area contributed by atoms with Crippen LogP contribution in [0.5, 0.6) is 0 Å². The molecular weight excluding hydrogens is 1300 g/mol. The zero-order valence-electron chi connectivity index (χ0n) is 48.5. The van der Waals surface area contributed by atoms with Crippen molar-refractivity contribution in [3.63, 3.8) is 0 Å². The van der Waals surface area contributed by atoms with E-state index in [9.17, 15) is 138 Å². The largest absolute Gasteiger partial charge is 0.511 e. The lowest BCUT2D eigenvalue weighted by atomic mass is 9.67. The molecule has 87 heavy (non-hydrogen) atoms. The van der Waals surface area contributed by atoms with Crippen molar-refractivity contribution < 1.29 is 157 Å². The van der Waals surface area contributed by atoms with Crippen LogP contribution < -0.4 is 14.8 Å². The van der Waals surface area contributed by atoms with Crippen molar-refractivity contribution in [3.8, 4) is 0 Å². The summed E-state index contributed by atoms with van der Waals surface area (Å²) in [5.41, 5.74) is -30.0. The maximum absolute atomic E-state index is 13.4. The van der Waals surface area contributed by atoms with Crippen LogP contribution in [0.3, 0.4) is 0 Å². The highest BCUT2D eigenvalue weighted by atomic mass is 32.2. The molecule has 20 nitrogen and oxygen atoms in total. The smallest absolute Gasteiger partial charge is 0.464 e. The number of nitrogens with one attached hydrogen (secondary N) is 3. The molecule has 0 aromatic carbocycles. The number of rotatable bonds is 31. The van der Waals surface area contributed by atoms with E-state index < -0.39 is 204 Å². The maximum Gasteiger partial charge on any atom is 0.511 e. The summed E-state index contributed by atoms with van der Waals surface area (Å²) in [5.74, 6) is -6.65. The predicted octanol–water partition coefficient (Wildman–Crippen LogP) is 8.73. The number of halogens is 18. The Bertz CT molecular complexity index is 2670. The Morgan fingerprint density at radius 1 is 0.494 bits per heavy atom. The van der Waals surface area contributed by atoms with Gasteiger partial charge in [-0.2, -0.15) is 87.4 Å². The maximum atomic E-state index is 13.4. The molecular formula is C46H71F18N3O17S3. The Hall–Kier alpha value is -4.19. The van der Waals surface area contributed by atoms with Crippen LogP contribution in [0.2, 0.25) is 0 Å². The topological polar surface area (TPSA) is 304 Å². The van der Waals surface area contributed by atoms with Crippen LogP contribution in [0.25, 0.3) is 0 Å². The standard InChI is InChI=1S/C27H43F9N2O10S2.C19H28F9NO7S/c1-9-22(7,20(40)48-17(3)13-24(41,25(28,29)30)26(31,32)33)14-23(8,19(39)47-11-10-37-50(45,46)27(34,35)36)12-16(2)18(4)38-21(5,6)15-49(42,43)44;1-6-15(5,13(31)36-11(2)9-16(32,17(20,21)22)18(23,24)25)10-14(3,4)12(30)35-8-7-29-37(33,34)19(26,27)28/h16-17,37-38,41H,4,9-15H2,1-3,5-8H3,(H,42,43,44);11,29,32H,6-10H2,1-5H3. The molecule has 0 rings (SSSR count). The molecule has 0 fully saturated rings. The molecule has 516 valence electrons. The monoisotopic (exact) mass is 1380 g/mol. The first-order valence-electron chi connectivity index (χ1n) is 25.1. The number of ether oxygens (including phenoxy) is 4. The van der Waals surface area contributed by atoms with E-state index in [4.69, 9.17) is 18.9 Å². The SMILES string of the molecule is C=C(NC(C)(C)CS(=O)(=O)O)C(C)CC(C)(CC(C)(CC)C(=O)OC(C)CC(O)(C(F)(F)F)C(F)(F)F)C(=O)OCCNS(=O)(=O)C(F)(F)F.CCC(C)(CC(C)(C)C(=O)OCCNS(=O)(=O)C(F)(F)F)C(=O)OC(C)CC(O)(C(F)(F)F)C(F)(F)F. The molecule has 6 atom stereocenters. The van der Waals surface area contributed by atoms with E-state index in [1.54, 1.807) is 0 Å². The minimum Gasteiger partial charge on any atom is -0.464 e. The number of sulfonamides is 2. The van der Waals surface area contributed by atoms with Crippen molar-refractivity contribution in [3.05, 3.63) is 12.3 Å². The van der Waals surface area contributed by atoms with E-state index in [0.717, 1.165) is 11.6 Å². The van der Waals surface area contributed by atoms with Crippen LogP contribution in [0.1, 0.15) is 128 Å². The molecule has 0 aromatic rings. The van der Waals surface area contributed by atoms with Crippen LogP contribution in [-0.4, -0.2) is 161 Å². The molecule has 0 aromatic heterocycles. The third-order valence-electron chi connectivity index (χ3n) is 13.1. The Morgan fingerprint density at radius 2 is 0.805 bits per heavy atom. The van der Waals surface area contributed by atoms with Gasteiger partial charge in [0.2, 0.25) is 0 Å². The number of carbonyl (C=O) groups excluding carboxylic acids is 4. The molecule has 0 radical (unpaired) electrons. The van der Waals surface area contributed by atoms with E-state index in [1.165, 1.54) is 67.0 Å². The average molecular weight is 1380 g/mol. The average Bonchev–Trinajstić information content (AvgIpc) is 3.19. The molecule has 6 unspecified atom stereocenters. The summed E-state index contributed by atoms with van der Waals surface area (Å²) in [4.78, 5) is 51.8. The summed E-state index contributed by atoms with van der Waals surface area (Å²) in [5, 5.41) is 21.5. The van der Waals surface area contributed by atoms with Gasteiger partial charge in [-0.25, -0.2) is 26.3 Å². The van der Waals surface area contributed by atoms with Gasteiger partial charge in [-0.3, -0.25) is 23.7 Å². The number of allylic oxidation sites excluding steroid dienone is 1. The lowest BCUT2D eigenvalue weighted by Crippen LogP contribution is -2.58. The fourth-order valence-electron chi connectivity index (χ4n) is 8.19. The Balaban J connectivity index is 0. The predicted molar refractivity (Wildman–Crippen MR) is 267 cm³/mol. The molecule has 6 N–H and O–H groups in total. The molecule has 0 aliphatic carbocycles. The first-order valence-corrected chi connectivity index (χ1v) is 29.6. The third kappa shape index (κ3) is 24.5. The van der Waals surface area contributed by atoms with E-state index in [2.05, 4.69) is 11.9 Å². The van der Waals surface area contributed by atoms with Gasteiger partial charge >= 0.3 is 79.6 Å². The van der Waals surface area contributed by atoms with Gasteiger partial charge in [0.15, 0.2) is 0 Å². The second-order valence-electron chi connectivity index (χ2n) is 22.5. The van der Waals surface area contributed by atoms with Crippen LogP contribution in [0.4, 0.5) is 79.0 Å². The highest BCUT2D eigenvalue weighted by Gasteiger charge is 2.72. The molecule has 0 saturated heterocycles.